The second kappa shape index (κ2) is 6.55. The largest absolute Gasteiger partial charge is 0.468 e. The Morgan fingerprint density at radius 3 is 2.33 bits per heavy atom. The number of benzene rings is 1. The molecule has 0 radical (unpaired) electrons. The van der Waals surface area contributed by atoms with Gasteiger partial charge >= 0.3 is 5.97 Å². The van der Waals surface area contributed by atoms with Crippen LogP contribution >= 0.6 is 12.4 Å². The highest BCUT2D eigenvalue weighted by Gasteiger charge is 2.22. The predicted octanol–water partition coefficient (Wildman–Crippen LogP) is 1.71. The molecule has 1 unspecified atom stereocenters. The summed E-state index contributed by atoms with van der Waals surface area (Å²) < 4.78 is 55.7. The molecular formula is C10H10ClF4NO2. The highest BCUT2D eigenvalue weighted by Crippen LogP contribution is 2.19. The quantitative estimate of drug-likeness (QED) is 0.398. The molecule has 8 heteroatoms. The van der Waals surface area contributed by atoms with Gasteiger partial charge in [-0.15, -0.1) is 12.4 Å². The first kappa shape index (κ1) is 16.7. The zero-order chi connectivity index (χ0) is 13.2. The van der Waals surface area contributed by atoms with Crippen molar-refractivity contribution in [2.24, 2.45) is 5.73 Å². The van der Waals surface area contributed by atoms with Gasteiger partial charge in [0, 0.05) is 6.42 Å². The van der Waals surface area contributed by atoms with Gasteiger partial charge in [0.15, 0.2) is 23.3 Å². The minimum Gasteiger partial charge on any atom is -0.468 e. The number of nitrogens with two attached hydrogens (primary N) is 1. The molecule has 0 aliphatic rings. The minimum absolute atomic E-state index is 0. The highest BCUT2D eigenvalue weighted by atomic mass is 35.5. The van der Waals surface area contributed by atoms with Crippen LogP contribution in [0.25, 0.3) is 0 Å². The second-order valence-electron chi connectivity index (χ2n) is 3.29. The number of halogens is 5. The molecule has 0 bridgehead atoms. The molecule has 0 aliphatic carbocycles. The molecule has 3 nitrogen and oxygen atoms in total. The molecule has 0 saturated heterocycles. The Hall–Kier alpha value is -1.34. The van der Waals surface area contributed by atoms with Gasteiger partial charge in [-0.3, -0.25) is 4.79 Å². The first-order valence-corrected chi connectivity index (χ1v) is 4.53. The number of carbonyl (C=O) groups is 1. The van der Waals surface area contributed by atoms with E-state index < -0.39 is 47.3 Å². The summed E-state index contributed by atoms with van der Waals surface area (Å²) in [5, 5.41) is 0. The van der Waals surface area contributed by atoms with Gasteiger partial charge in [-0.1, -0.05) is 0 Å². The van der Waals surface area contributed by atoms with E-state index >= 15 is 0 Å². The first-order chi connectivity index (χ1) is 7.88. The van der Waals surface area contributed by atoms with Crippen LogP contribution in [0, 0.1) is 23.3 Å². The summed E-state index contributed by atoms with van der Waals surface area (Å²) in [6.45, 7) is 0. The van der Waals surface area contributed by atoms with Crippen molar-refractivity contribution in [1.29, 1.82) is 0 Å². The summed E-state index contributed by atoms with van der Waals surface area (Å²) in [6, 6.07) is -0.824. The summed E-state index contributed by atoms with van der Waals surface area (Å²) in [7, 11) is 1.06. The van der Waals surface area contributed by atoms with Gasteiger partial charge in [0.2, 0.25) is 0 Å². The Bertz CT molecular complexity index is 456. The van der Waals surface area contributed by atoms with Crippen molar-refractivity contribution in [2.45, 2.75) is 12.5 Å². The third-order valence-electron chi connectivity index (χ3n) is 2.12. The van der Waals surface area contributed by atoms with Crippen molar-refractivity contribution in [3.8, 4) is 0 Å². The molecule has 1 rings (SSSR count). The molecule has 0 aliphatic heterocycles. The van der Waals surface area contributed by atoms with Gasteiger partial charge in [0.05, 0.1) is 7.11 Å². The van der Waals surface area contributed by atoms with E-state index in [9.17, 15) is 22.4 Å². The molecule has 1 aromatic rings. The predicted molar refractivity (Wildman–Crippen MR) is 57.2 cm³/mol. The van der Waals surface area contributed by atoms with E-state index in [2.05, 4.69) is 4.74 Å². The van der Waals surface area contributed by atoms with Gasteiger partial charge in [0.1, 0.15) is 6.04 Å². The molecule has 0 heterocycles. The topological polar surface area (TPSA) is 52.3 Å². The molecule has 18 heavy (non-hydrogen) atoms. The van der Waals surface area contributed by atoms with E-state index in [0.717, 1.165) is 7.11 Å². The van der Waals surface area contributed by atoms with Crippen LogP contribution in [-0.2, 0) is 16.0 Å². The van der Waals surface area contributed by atoms with Gasteiger partial charge in [0.25, 0.3) is 0 Å². The summed E-state index contributed by atoms with van der Waals surface area (Å²) in [5.41, 5.74) is 4.76. The van der Waals surface area contributed by atoms with Crippen LogP contribution in [-0.4, -0.2) is 19.1 Å². The maximum absolute atomic E-state index is 13.2. The van der Waals surface area contributed by atoms with Crippen molar-refractivity contribution in [1.82, 2.24) is 0 Å². The van der Waals surface area contributed by atoms with Gasteiger partial charge in [-0.25, -0.2) is 17.6 Å². The number of carbonyl (C=O) groups excluding carboxylic acids is 1. The SMILES string of the molecule is COC(=O)C(N)Cc1cc(F)c(F)c(F)c1F.Cl. The van der Waals surface area contributed by atoms with E-state index in [0.29, 0.717) is 6.07 Å². The normalized spacial score (nSPS) is 11.7. The maximum atomic E-state index is 13.2. The average Bonchev–Trinajstić information content (AvgIpc) is 2.32. The minimum atomic E-state index is -1.93. The Balaban J connectivity index is 0.00000289. The summed E-state index contributed by atoms with van der Waals surface area (Å²) >= 11 is 0. The van der Waals surface area contributed by atoms with Gasteiger partial charge in [-0.2, -0.15) is 0 Å². The lowest BCUT2D eigenvalue weighted by atomic mass is 10.1. The van der Waals surface area contributed by atoms with Crippen LogP contribution in [0.5, 0.6) is 0 Å². The molecule has 1 atom stereocenters. The highest BCUT2D eigenvalue weighted by molar-refractivity contribution is 5.85. The van der Waals surface area contributed by atoms with Crippen molar-refractivity contribution < 1.29 is 27.1 Å². The monoisotopic (exact) mass is 287 g/mol. The Kier molecular flexibility index (Phi) is 6.07. The zero-order valence-corrected chi connectivity index (χ0v) is 9.99. The molecule has 102 valence electrons. The fourth-order valence-corrected chi connectivity index (χ4v) is 1.24. The summed E-state index contributed by atoms with van der Waals surface area (Å²) in [4.78, 5) is 10.9. The van der Waals surface area contributed by atoms with Crippen LogP contribution in [0.3, 0.4) is 0 Å². The first-order valence-electron chi connectivity index (χ1n) is 4.53. The van der Waals surface area contributed by atoms with E-state index in [1.54, 1.807) is 0 Å². The van der Waals surface area contributed by atoms with Gasteiger partial charge < -0.3 is 10.5 Å². The van der Waals surface area contributed by atoms with Crippen molar-refractivity contribution in [3.63, 3.8) is 0 Å². The van der Waals surface area contributed by atoms with Crippen LogP contribution in [0.2, 0.25) is 0 Å². The molecule has 0 fully saturated rings. The second-order valence-corrected chi connectivity index (χ2v) is 3.29. The number of methoxy groups -OCH3 is 1. The standard InChI is InChI=1S/C10H9F4NO2.ClH/c1-17-10(16)6(15)3-4-2-5(11)8(13)9(14)7(4)12;/h2,6H,3,15H2,1H3;1H. The number of esters is 1. The molecule has 0 saturated carbocycles. The van der Waals surface area contributed by atoms with Crippen molar-refractivity contribution in [3.05, 3.63) is 34.9 Å². The molecule has 0 aromatic heterocycles. The fraction of sp³-hybridized carbons (Fsp3) is 0.300. The van der Waals surface area contributed by atoms with E-state index in [4.69, 9.17) is 5.73 Å². The number of hydrogen-bond donors (Lipinski definition) is 1. The average molecular weight is 288 g/mol. The molecular weight excluding hydrogens is 278 g/mol. The van der Waals surface area contributed by atoms with Crippen molar-refractivity contribution in [2.75, 3.05) is 7.11 Å². The summed E-state index contributed by atoms with van der Waals surface area (Å²) in [6.07, 6.45) is -0.493. The molecule has 0 spiro atoms. The van der Waals surface area contributed by atoms with Crippen LogP contribution in [0.4, 0.5) is 17.6 Å². The molecule has 1 aromatic carbocycles. The zero-order valence-electron chi connectivity index (χ0n) is 9.18. The summed E-state index contributed by atoms with van der Waals surface area (Å²) in [5.74, 6) is -7.82. The molecule has 0 amide bonds. The Morgan fingerprint density at radius 2 is 1.83 bits per heavy atom. The lowest BCUT2D eigenvalue weighted by Crippen LogP contribution is -2.34. The maximum Gasteiger partial charge on any atom is 0.322 e. The Morgan fingerprint density at radius 1 is 1.28 bits per heavy atom. The van der Waals surface area contributed by atoms with E-state index in [1.165, 1.54) is 0 Å². The fourth-order valence-electron chi connectivity index (χ4n) is 1.24. The number of hydrogen-bond acceptors (Lipinski definition) is 3. The number of ether oxygens (including phenoxy) is 1. The van der Waals surface area contributed by atoms with Gasteiger partial charge in [-0.05, 0) is 11.6 Å². The number of rotatable bonds is 3. The third-order valence-corrected chi connectivity index (χ3v) is 2.12. The molecule has 2 N–H and O–H groups in total. The van der Waals surface area contributed by atoms with E-state index in [1.807, 2.05) is 0 Å². The lowest BCUT2D eigenvalue weighted by Gasteiger charge is -2.10. The lowest BCUT2D eigenvalue weighted by molar-refractivity contribution is -0.142. The smallest absolute Gasteiger partial charge is 0.322 e. The third kappa shape index (κ3) is 3.33. The van der Waals surface area contributed by atoms with Crippen molar-refractivity contribution >= 4 is 18.4 Å². The Labute approximate surface area is 106 Å². The van der Waals surface area contributed by atoms with Crippen LogP contribution in [0.15, 0.2) is 6.07 Å². The van der Waals surface area contributed by atoms with E-state index in [-0.39, 0.29) is 12.4 Å². The van der Waals surface area contributed by atoms with Crippen LogP contribution in [0.1, 0.15) is 5.56 Å². The van der Waals surface area contributed by atoms with Crippen LogP contribution < -0.4 is 5.73 Å².